The van der Waals surface area contributed by atoms with Crippen molar-refractivity contribution in [1.82, 2.24) is 0 Å². The molecule has 0 aromatic heterocycles. The first-order valence-corrected chi connectivity index (χ1v) is 5.11. The fourth-order valence-corrected chi connectivity index (χ4v) is 2.49. The molecule has 2 saturated heterocycles. The van der Waals surface area contributed by atoms with Gasteiger partial charge in [-0.3, -0.25) is 4.79 Å². The molecule has 2 rings (SSSR count). The van der Waals surface area contributed by atoms with E-state index in [-0.39, 0.29) is 24.4 Å². The Bertz CT molecular complexity index is 228. The summed E-state index contributed by atoms with van der Waals surface area (Å²) in [6.45, 7) is 0. The van der Waals surface area contributed by atoms with Crippen LogP contribution in [0.15, 0.2) is 0 Å². The van der Waals surface area contributed by atoms with E-state index >= 15 is 0 Å². The molecule has 14 heavy (non-hydrogen) atoms. The third kappa shape index (κ3) is 1.77. The molecule has 2 bridgehead atoms. The standard InChI is InChI=1S/C10H16O4/c1-13-10(12)5-8(11)7-4-6-2-3-9(7)14-6/h6-9,11H,2-5H2,1H3. The molecule has 80 valence electrons. The van der Waals surface area contributed by atoms with Gasteiger partial charge in [0.05, 0.1) is 31.8 Å². The van der Waals surface area contributed by atoms with Gasteiger partial charge < -0.3 is 14.6 Å². The predicted octanol–water partition coefficient (Wildman–Crippen LogP) is 0.478. The average Bonchev–Trinajstić information content (AvgIpc) is 2.78. The maximum absolute atomic E-state index is 11.0. The molecule has 2 aliphatic rings. The van der Waals surface area contributed by atoms with Crippen LogP contribution in [0.2, 0.25) is 0 Å². The minimum Gasteiger partial charge on any atom is -0.469 e. The zero-order valence-electron chi connectivity index (χ0n) is 8.31. The maximum atomic E-state index is 11.0. The summed E-state index contributed by atoms with van der Waals surface area (Å²) in [5, 5.41) is 9.79. The molecule has 0 aliphatic carbocycles. The first-order chi connectivity index (χ1) is 6.70. The van der Waals surface area contributed by atoms with Crippen molar-refractivity contribution in [3.05, 3.63) is 0 Å². The van der Waals surface area contributed by atoms with Crippen LogP contribution in [0.3, 0.4) is 0 Å². The summed E-state index contributed by atoms with van der Waals surface area (Å²) in [7, 11) is 1.34. The second kappa shape index (κ2) is 3.87. The monoisotopic (exact) mass is 200 g/mol. The number of hydrogen-bond donors (Lipinski definition) is 1. The van der Waals surface area contributed by atoms with Crippen LogP contribution in [0, 0.1) is 5.92 Å². The van der Waals surface area contributed by atoms with Crippen LogP contribution in [-0.4, -0.2) is 36.5 Å². The first kappa shape index (κ1) is 9.93. The molecule has 0 saturated carbocycles. The van der Waals surface area contributed by atoms with E-state index in [1.165, 1.54) is 7.11 Å². The number of ether oxygens (including phenoxy) is 2. The van der Waals surface area contributed by atoms with Crippen molar-refractivity contribution in [2.45, 2.75) is 44.0 Å². The Morgan fingerprint density at radius 1 is 1.64 bits per heavy atom. The number of aliphatic hydroxyl groups excluding tert-OH is 1. The molecule has 0 aromatic carbocycles. The Morgan fingerprint density at radius 3 is 2.93 bits per heavy atom. The predicted molar refractivity (Wildman–Crippen MR) is 48.6 cm³/mol. The van der Waals surface area contributed by atoms with Gasteiger partial charge in [0.25, 0.3) is 0 Å². The molecule has 1 N–H and O–H groups in total. The number of methoxy groups -OCH3 is 1. The van der Waals surface area contributed by atoms with Crippen LogP contribution in [-0.2, 0) is 14.3 Å². The van der Waals surface area contributed by atoms with Crippen molar-refractivity contribution in [3.63, 3.8) is 0 Å². The lowest BCUT2D eigenvalue weighted by atomic mass is 9.84. The van der Waals surface area contributed by atoms with E-state index in [0.717, 1.165) is 19.3 Å². The highest BCUT2D eigenvalue weighted by atomic mass is 16.5. The second-order valence-electron chi connectivity index (χ2n) is 4.12. The number of carbonyl (C=O) groups excluding carboxylic acids is 1. The summed E-state index contributed by atoms with van der Waals surface area (Å²) in [4.78, 5) is 11.0. The van der Waals surface area contributed by atoms with Crippen molar-refractivity contribution < 1.29 is 19.4 Å². The minimum atomic E-state index is -0.599. The lowest BCUT2D eigenvalue weighted by Gasteiger charge is -2.23. The highest BCUT2D eigenvalue weighted by molar-refractivity contribution is 5.69. The molecule has 0 spiro atoms. The van der Waals surface area contributed by atoms with Gasteiger partial charge in [0.1, 0.15) is 0 Å². The molecule has 0 radical (unpaired) electrons. The van der Waals surface area contributed by atoms with E-state index in [9.17, 15) is 9.90 Å². The number of hydrogen-bond acceptors (Lipinski definition) is 4. The number of esters is 1. The molecule has 4 unspecified atom stereocenters. The van der Waals surface area contributed by atoms with Crippen molar-refractivity contribution in [2.24, 2.45) is 5.92 Å². The van der Waals surface area contributed by atoms with Crippen molar-refractivity contribution in [2.75, 3.05) is 7.11 Å². The zero-order valence-corrected chi connectivity index (χ0v) is 8.31. The second-order valence-corrected chi connectivity index (χ2v) is 4.12. The van der Waals surface area contributed by atoms with Gasteiger partial charge in [0.15, 0.2) is 0 Å². The van der Waals surface area contributed by atoms with E-state index < -0.39 is 6.10 Å². The highest BCUT2D eigenvalue weighted by Crippen LogP contribution is 2.40. The maximum Gasteiger partial charge on any atom is 0.308 e. The molecule has 2 fully saturated rings. The quantitative estimate of drug-likeness (QED) is 0.673. The zero-order chi connectivity index (χ0) is 10.1. The number of rotatable bonds is 3. The number of carbonyl (C=O) groups is 1. The molecule has 4 atom stereocenters. The fourth-order valence-electron chi connectivity index (χ4n) is 2.49. The van der Waals surface area contributed by atoms with Crippen molar-refractivity contribution in [1.29, 1.82) is 0 Å². The molecule has 2 heterocycles. The Balaban J connectivity index is 1.86. The van der Waals surface area contributed by atoms with Gasteiger partial charge in [-0.05, 0) is 19.3 Å². The summed E-state index contributed by atoms with van der Waals surface area (Å²) < 4.78 is 10.1. The summed E-state index contributed by atoms with van der Waals surface area (Å²) in [6.07, 6.45) is 2.99. The lowest BCUT2D eigenvalue weighted by molar-refractivity contribution is -0.143. The van der Waals surface area contributed by atoms with E-state index in [2.05, 4.69) is 4.74 Å². The van der Waals surface area contributed by atoms with E-state index in [1.54, 1.807) is 0 Å². The van der Waals surface area contributed by atoms with Crippen LogP contribution in [0.1, 0.15) is 25.7 Å². The van der Waals surface area contributed by atoms with E-state index in [1.807, 2.05) is 0 Å². The van der Waals surface area contributed by atoms with Gasteiger partial charge in [0, 0.05) is 5.92 Å². The van der Waals surface area contributed by atoms with Gasteiger partial charge in [0.2, 0.25) is 0 Å². The van der Waals surface area contributed by atoms with E-state index in [0.29, 0.717) is 6.10 Å². The third-order valence-electron chi connectivity index (χ3n) is 3.25. The Hall–Kier alpha value is -0.610. The van der Waals surface area contributed by atoms with Gasteiger partial charge in [-0.15, -0.1) is 0 Å². The van der Waals surface area contributed by atoms with Gasteiger partial charge in [-0.2, -0.15) is 0 Å². The Labute approximate surface area is 83.2 Å². The highest BCUT2D eigenvalue weighted by Gasteiger charge is 2.44. The SMILES string of the molecule is COC(=O)CC(O)C1CC2CCC1O2. The molecule has 4 heteroatoms. The molecule has 0 aromatic rings. The van der Waals surface area contributed by atoms with Gasteiger partial charge in [-0.1, -0.05) is 0 Å². The fraction of sp³-hybridized carbons (Fsp3) is 0.900. The Morgan fingerprint density at radius 2 is 2.43 bits per heavy atom. The summed E-state index contributed by atoms with van der Waals surface area (Å²) in [5.74, 6) is -0.215. The van der Waals surface area contributed by atoms with Crippen molar-refractivity contribution >= 4 is 5.97 Å². The van der Waals surface area contributed by atoms with Gasteiger partial charge in [-0.25, -0.2) is 0 Å². The van der Waals surface area contributed by atoms with Crippen LogP contribution >= 0.6 is 0 Å². The van der Waals surface area contributed by atoms with Crippen molar-refractivity contribution in [3.8, 4) is 0 Å². The topological polar surface area (TPSA) is 55.8 Å². The molecule has 2 aliphatic heterocycles. The number of aliphatic hydroxyl groups is 1. The van der Waals surface area contributed by atoms with Gasteiger partial charge >= 0.3 is 5.97 Å². The molecule has 0 amide bonds. The third-order valence-corrected chi connectivity index (χ3v) is 3.25. The number of fused-ring (bicyclic) bond motifs is 2. The first-order valence-electron chi connectivity index (χ1n) is 5.11. The summed E-state index contributed by atoms with van der Waals surface area (Å²) in [6, 6.07) is 0. The van der Waals surface area contributed by atoms with Crippen LogP contribution in [0.25, 0.3) is 0 Å². The molecular formula is C10H16O4. The van der Waals surface area contributed by atoms with Crippen LogP contribution in [0.4, 0.5) is 0 Å². The Kier molecular flexibility index (Phi) is 2.74. The van der Waals surface area contributed by atoms with E-state index in [4.69, 9.17) is 4.74 Å². The normalized spacial score (nSPS) is 37.1. The summed E-state index contributed by atoms with van der Waals surface area (Å²) >= 11 is 0. The minimum absolute atomic E-state index is 0.0910. The average molecular weight is 200 g/mol. The smallest absolute Gasteiger partial charge is 0.308 e. The summed E-state index contributed by atoms with van der Waals surface area (Å²) in [5.41, 5.74) is 0. The lowest BCUT2D eigenvalue weighted by Crippen LogP contribution is -2.31. The largest absolute Gasteiger partial charge is 0.469 e. The van der Waals surface area contributed by atoms with Crippen LogP contribution in [0.5, 0.6) is 0 Å². The molecule has 4 nitrogen and oxygen atoms in total. The molecular weight excluding hydrogens is 184 g/mol. The van der Waals surface area contributed by atoms with Crippen LogP contribution < -0.4 is 0 Å².